The van der Waals surface area contributed by atoms with Crippen molar-refractivity contribution in [3.63, 3.8) is 0 Å². The van der Waals surface area contributed by atoms with Gasteiger partial charge in [-0.1, -0.05) is 0 Å². The predicted molar refractivity (Wildman–Crippen MR) is 57.4 cm³/mol. The fourth-order valence-corrected chi connectivity index (χ4v) is 1.82. The number of nitrogens with one attached hydrogen (secondary N) is 1. The lowest BCUT2D eigenvalue weighted by Gasteiger charge is -2.32. The second-order valence-corrected chi connectivity index (χ2v) is 4.05. The van der Waals surface area contributed by atoms with Crippen LogP contribution in [0.1, 0.15) is 12.8 Å². The average molecular weight is 213 g/mol. The topological polar surface area (TPSA) is 52.7 Å². The van der Waals surface area contributed by atoms with Crippen molar-refractivity contribution < 1.29 is 9.59 Å². The highest BCUT2D eigenvalue weighted by Gasteiger charge is 2.27. The van der Waals surface area contributed by atoms with Crippen LogP contribution >= 0.6 is 0 Å². The Morgan fingerprint density at radius 3 is 2.20 bits per heavy atom. The molecule has 1 fully saturated rings. The van der Waals surface area contributed by atoms with Gasteiger partial charge < -0.3 is 15.1 Å². The zero-order valence-corrected chi connectivity index (χ0v) is 9.62. The van der Waals surface area contributed by atoms with E-state index in [0.29, 0.717) is 13.1 Å². The van der Waals surface area contributed by atoms with Crippen LogP contribution in [-0.2, 0) is 4.79 Å². The highest BCUT2D eigenvalue weighted by molar-refractivity contribution is 5.79. The first-order valence-corrected chi connectivity index (χ1v) is 5.24. The summed E-state index contributed by atoms with van der Waals surface area (Å²) < 4.78 is 0. The standard InChI is InChI=1S/C10H19N3O2/c1-11-9(14)8-4-6-13(7-5-8)10(15)12(2)3/h8H,4-7H2,1-3H3,(H,11,14). The molecule has 5 heteroatoms. The van der Waals surface area contributed by atoms with Crippen molar-refractivity contribution in [2.75, 3.05) is 34.2 Å². The lowest BCUT2D eigenvalue weighted by atomic mass is 9.96. The van der Waals surface area contributed by atoms with Crippen LogP contribution in [0.2, 0.25) is 0 Å². The van der Waals surface area contributed by atoms with Crippen LogP contribution in [0.3, 0.4) is 0 Å². The molecule has 0 bridgehead atoms. The number of amides is 3. The summed E-state index contributed by atoms with van der Waals surface area (Å²) in [6.07, 6.45) is 1.53. The second kappa shape index (κ2) is 5.00. The average Bonchev–Trinajstić information content (AvgIpc) is 2.27. The van der Waals surface area contributed by atoms with E-state index in [1.165, 1.54) is 0 Å². The van der Waals surface area contributed by atoms with Gasteiger partial charge in [0.25, 0.3) is 0 Å². The van der Waals surface area contributed by atoms with Crippen LogP contribution in [0.4, 0.5) is 4.79 Å². The van der Waals surface area contributed by atoms with Gasteiger partial charge in [-0.3, -0.25) is 4.79 Å². The van der Waals surface area contributed by atoms with E-state index in [4.69, 9.17) is 0 Å². The van der Waals surface area contributed by atoms with Crippen LogP contribution in [0, 0.1) is 5.92 Å². The number of likely N-dealkylation sites (tertiary alicyclic amines) is 1. The molecule has 0 aromatic rings. The summed E-state index contributed by atoms with van der Waals surface area (Å²) >= 11 is 0. The molecule has 0 spiro atoms. The maximum Gasteiger partial charge on any atom is 0.319 e. The van der Waals surface area contributed by atoms with Crippen LogP contribution in [0.15, 0.2) is 0 Å². The molecule has 0 aromatic carbocycles. The Morgan fingerprint density at radius 2 is 1.80 bits per heavy atom. The molecule has 0 unspecified atom stereocenters. The van der Waals surface area contributed by atoms with Gasteiger partial charge >= 0.3 is 6.03 Å². The van der Waals surface area contributed by atoms with Gasteiger partial charge in [-0.15, -0.1) is 0 Å². The van der Waals surface area contributed by atoms with E-state index in [1.807, 2.05) is 0 Å². The largest absolute Gasteiger partial charge is 0.359 e. The number of hydrogen-bond donors (Lipinski definition) is 1. The van der Waals surface area contributed by atoms with E-state index in [9.17, 15) is 9.59 Å². The van der Waals surface area contributed by atoms with Crippen molar-refractivity contribution in [2.24, 2.45) is 5.92 Å². The summed E-state index contributed by atoms with van der Waals surface area (Å²) in [5.74, 6) is 0.160. The zero-order valence-electron chi connectivity index (χ0n) is 9.62. The third-order valence-corrected chi connectivity index (χ3v) is 2.77. The molecular formula is C10H19N3O2. The Balaban J connectivity index is 2.42. The van der Waals surface area contributed by atoms with Crippen LogP contribution in [0.25, 0.3) is 0 Å². The SMILES string of the molecule is CNC(=O)C1CCN(C(=O)N(C)C)CC1. The van der Waals surface area contributed by atoms with Crippen LogP contribution in [0.5, 0.6) is 0 Å². The molecule has 1 N–H and O–H groups in total. The smallest absolute Gasteiger partial charge is 0.319 e. The summed E-state index contributed by atoms with van der Waals surface area (Å²) in [6.45, 7) is 1.35. The molecule has 0 atom stereocenters. The first kappa shape index (κ1) is 11.8. The molecule has 1 rings (SSSR count). The minimum atomic E-state index is 0.0327. The molecule has 0 radical (unpaired) electrons. The number of urea groups is 1. The van der Waals surface area contributed by atoms with Crippen molar-refractivity contribution in [2.45, 2.75) is 12.8 Å². The van der Waals surface area contributed by atoms with Gasteiger partial charge in [0.15, 0.2) is 0 Å². The van der Waals surface area contributed by atoms with Crippen molar-refractivity contribution in [3.8, 4) is 0 Å². The van der Waals surface area contributed by atoms with E-state index in [-0.39, 0.29) is 17.9 Å². The maximum atomic E-state index is 11.6. The molecule has 1 aliphatic rings. The quantitative estimate of drug-likeness (QED) is 0.673. The van der Waals surface area contributed by atoms with Crippen molar-refractivity contribution in [3.05, 3.63) is 0 Å². The monoisotopic (exact) mass is 213 g/mol. The summed E-state index contributed by atoms with van der Waals surface area (Å²) in [5, 5.41) is 2.65. The summed E-state index contributed by atoms with van der Waals surface area (Å²) in [7, 11) is 5.14. The Morgan fingerprint density at radius 1 is 1.27 bits per heavy atom. The van der Waals surface area contributed by atoms with E-state index in [0.717, 1.165) is 12.8 Å². The maximum absolute atomic E-state index is 11.6. The van der Waals surface area contributed by atoms with Gasteiger partial charge in [-0.2, -0.15) is 0 Å². The number of rotatable bonds is 1. The normalized spacial score (nSPS) is 17.4. The Hall–Kier alpha value is -1.26. The molecule has 0 saturated carbocycles. The van der Waals surface area contributed by atoms with Crippen LogP contribution in [-0.4, -0.2) is 56.0 Å². The zero-order chi connectivity index (χ0) is 11.4. The molecule has 86 valence electrons. The number of carbonyl (C=O) groups is 2. The summed E-state index contributed by atoms with van der Waals surface area (Å²) in [6, 6.07) is 0.0327. The molecule has 5 nitrogen and oxygen atoms in total. The fraction of sp³-hybridized carbons (Fsp3) is 0.800. The third-order valence-electron chi connectivity index (χ3n) is 2.77. The van der Waals surface area contributed by atoms with Gasteiger partial charge in [0.05, 0.1) is 0 Å². The summed E-state index contributed by atoms with van der Waals surface area (Å²) in [4.78, 5) is 26.3. The number of piperidine rings is 1. The Bertz CT molecular complexity index is 245. The van der Waals surface area contributed by atoms with Crippen molar-refractivity contribution in [1.29, 1.82) is 0 Å². The van der Waals surface area contributed by atoms with E-state index < -0.39 is 0 Å². The van der Waals surface area contributed by atoms with Gasteiger partial charge in [0, 0.05) is 40.2 Å². The molecule has 0 aliphatic carbocycles. The lowest BCUT2D eigenvalue weighted by Crippen LogP contribution is -2.46. The lowest BCUT2D eigenvalue weighted by molar-refractivity contribution is -0.125. The number of carbonyl (C=O) groups excluding carboxylic acids is 2. The Kier molecular flexibility index (Phi) is 3.94. The minimum absolute atomic E-state index is 0.0327. The predicted octanol–water partition coefficient (Wildman–Crippen LogP) is 0.126. The minimum Gasteiger partial charge on any atom is -0.359 e. The van der Waals surface area contributed by atoms with E-state index in [2.05, 4.69) is 5.32 Å². The molecule has 15 heavy (non-hydrogen) atoms. The van der Waals surface area contributed by atoms with Crippen LogP contribution < -0.4 is 5.32 Å². The highest BCUT2D eigenvalue weighted by Crippen LogP contribution is 2.17. The van der Waals surface area contributed by atoms with E-state index in [1.54, 1.807) is 30.9 Å². The number of nitrogens with zero attached hydrogens (tertiary/aromatic N) is 2. The van der Waals surface area contributed by atoms with Gasteiger partial charge in [0.2, 0.25) is 5.91 Å². The van der Waals surface area contributed by atoms with Gasteiger partial charge in [0.1, 0.15) is 0 Å². The Labute approximate surface area is 90.4 Å². The van der Waals surface area contributed by atoms with Gasteiger partial charge in [-0.25, -0.2) is 4.79 Å². The fourth-order valence-electron chi connectivity index (χ4n) is 1.82. The first-order valence-electron chi connectivity index (χ1n) is 5.24. The second-order valence-electron chi connectivity index (χ2n) is 4.05. The third kappa shape index (κ3) is 2.84. The van der Waals surface area contributed by atoms with Crippen molar-refractivity contribution in [1.82, 2.24) is 15.1 Å². The number of hydrogen-bond acceptors (Lipinski definition) is 2. The first-order chi connectivity index (χ1) is 7.06. The van der Waals surface area contributed by atoms with Gasteiger partial charge in [-0.05, 0) is 12.8 Å². The molecule has 0 aromatic heterocycles. The molecule has 1 heterocycles. The molecular weight excluding hydrogens is 194 g/mol. The summed E-state index contributed by atoms with van der Waals surface area (Å²) in [5.41, 5.74) is 0. The highest BCUT2D eigenvalue weighted by atomic mass is 16.2. The molecule has 3 amide bonds. The van der Waals surface area contributed by atoms with E-state index >= 15 is 0 Å². The molecule has 1 aliphatic heterocycles. The molecule has 1 saturated heterocycles. The van der Waals surface area contributed by atoms with Crippen molar-refractivity contribution >= 4 is 11.9 Å².